The predicted octanol–water partition coefficient (Wildman–Crippen LogP) is 1.85. The Bertz CT molecular complexity index is 371. The lowest BCUT2D eigenvalue weighted by Crippen LogP contribution is -2.58. The molecule has 3 aliphatic rings. The molecule has 2 saturated heterocycles. The number of amides is 1. The van der Waals surface area contributed by atoms with E-state index in [0.717, 1.165) is 31.8 Å². The summed E-state index contributed by atoms with van der Waals surface area (Å²) in [5, 5.41) is 3.69. The average molecular weight is 293 g/mol. The van der Waals surface area contributed by atoms with Gasteiger partial charge in [0.25, 0.3) is 0 Å². The topological polar surface area (TPSA) is 35.6 Å². The van der Waals surface area contributed by atoms with Crippen molar-refractivity contribution in [2.75, 3.05) is 27.2 Å². The molecule has 4 nitrogen and oxygen atoms in total. The number of piperidine rings is 2. The molecule has 2 aliphatic heterocycles. The lowest BCUT2D eigenvalue weighted by Gasteiger charge is -2.43. The number of carbonyl (C=O) groups is 1. The maximum atomic E-state index is 12.8. The molecule has 4 atom stereocenters. The van der Waals surface area contributed by atoms with E-state index < -0.39 is 0 Å². The third kappa shape index (κ3) is 3.42. The smallest absolute Gasteiger partial charge is 0.239 e. The van der Waals surface area contributed by atoms with Gasteiger partial charge in [0.1, 0.15) is 0 Å². The van der Waals surface area contributed by atoms with Gasteiger partial charge in [-0.2, -0.15) is 0 Å². The first-order valence-corrected chi connectivity index (χ1v) is 8.86. The first-order valence-electron chi connectivity index (χ1n) is 8.86. The molecule has 1 N–H and O–H groups in total. The van der Waals surface area contributed by atoms with Gasteiger partial charge in [0.05, 0.1) is 6.04 Å². The molecule has 0 aromatic carbocycles. The van der Waals surface area contributed by atoms with Crippen molar-refractivity contribution < 1.29 is 4.79 Å². The summed E-state index contributed by atoms with van der Waals surface area (Å²) >= 11 is 0. The quantitative estimate of drug-likeness (QED) is 0.844. The maximum Gasteiger partial charge on any atom is 0.239 e. The van der Waals surface area contributed by atoms with Gasteiger partial charge in [0.2, 0.25) is 5.91 Å². The maximum absolute atomic E-state index is 12.8. The first kappa shape index (κ1) is 15.3. The van der Waals surface area contributed by atoms with Crippen LogP contribution in [0.4, 0.5) is 0 Å². The number of rotatable bonds is 2. The number of fused-ring (bicyclic) bond motifs is 1. The molecule has 3 fully saturated rings. The molecule has 1 amide bonds. The molecule has 4 unspecified atom stereocenters. The molecule has 2 heterocycles. The van der Waals surface area contributed by atoms with E-state index in [-0.39, 0.29) is 6.04 Å². The second kappa shape index (κ2) is 6.66. The minimum absolute atomic E-state index is 0.0882. The van der Waals surface area contributed by atoms with Gasteiger partial charge in [0.15, 0.2) is 0 Å². The van der Waals surface area contributed by atoms with Gasteiger partial charge < -0.3 is 15.1 Å². The summed E-state index contributed by atoms with van der Waals surface area (Å²) < 4.78 is 0. The molecule has 0 bridgehead atoms. The highest BCUT2D eigenvalue weighted by Gasteiger charge is 2.37. The third-order valence-electron chi connectivity index (χ3n) is 5.89. The zero-order chi connectivity index (χ0) is 14.8. The number of hydrogen-bond acceptors (Lipinski definition) is 3. The van der Waals surface area contributed by atoms with Crippen LogP contribution in [0.2, 0.25) is 0 Å². The Labute approximate surface area is 129 Å². The van der Waals surface area contributed by atoms with E-state index in [1.54, 1.807) is 0 Å². The van der Waals surface area contributed by atoms with Gasteiger partial charge in [-0.15, -0.1) is 0 Å². The van der Waals surface area contributed by atoms with E-state index in [0.29, 0.717) is 18.0 Å². The molecule has 4 heteroatoms. The summed E-state index contributed by atoms with van der Waals surface area (Å²) in [5.41, 5.74) is 0. The largest absolute Gasteiger partial charge is 0.340 e. The second-order valence-electron chi connectivity index (χ2n) is 7.49. The molecule has 0 aromatic heterocycles. The van der Waals surface area contributed by atoms with Crippen LogP contribution >= 0.6 is 0 Å². The van der Waals surface area contributed by atoms with Crippen molar-refractivity contribution >= 4 is 5.91 Å². The Balaban J connectivity index is 1.57. The molecule has 0 spiro atoms. The fourth-order valence-electron chi connectivity index (χ4n) is 4.49. The van der Waals surface area contributed by atoms with Gasteiger partial charge in [0, 0.05) is 25.2 Å². The normalized spacial score (nSPS) is 37.4. The van der Waals surface area contributed by atoms with Crippen LogP contribution in [0.1, 0.15) is 51.4 Å². The summed E-state index contributed by atoms with van der Waals surface area (Å²) in [4.78, 5) is 17.2. The van der Waals surface area contributed by atoms with Crippen molar-refractivity contribution in [3.05, 3.63) is 0 Å². The Hall–Kier alpha value is -0.610. The molecular weight excluding hydrogens is 262 g/mol. The average Bonchev–Trinajstić information content (AvgIpc) is 2.53. The van der Waals surface area contributed by atoms with Gasteiger partial charge >= 0.3 is 0 Å². The van der Waals surface area contributed by atoms with E-state index in [4.69, 9.17) is 0 Å². The molecule has 0 aromatic rings. The highest BCUT2D eigenvalue weighted by Crippen LogP contribution is 2.32. The molecule has 0 radical (unpaired) electrons. The minimum Gasteiger partial charge on any atom is -0.340 e. The van der Waals surface area contributed by atoms with Gasteiger partial charge in [-0.3, -0.25) is 4.79 Å². The van der Waals surface area contributed by atoms with Crippen molar-refractivity contribution in [3.63, 3.8) is 0 Å². The van der Waals surface area contributed by atoms with Crippen LogP contribution in [0, 0.1) is 5.92 Å². The van der Waals surface area contributed by atoms with Crippen molar-refractivity contribution in [3.8, 4) is 0 Å². The van der Waals surface area contributed by atoms with Crippen LogP contribution < -0.4 is 5.32 Å². The van der Waals surface area contributed by atoms with Crippen LogP contribution in [0.3, 0.4) is 0 Å². The van der Waals surface area contributed by atoms with Gasteiger partial charge in [-0.1, -0.05) is 12.8 Å². The van der Waals surface area contributed by atoms with E-state index in [2.05, 4.69) is 29.2 Å². The van der Waals surface area contributed by atoms with Gasteiger partial charge in [-0.25, -0.2) is 0 Å². The number of likely N-dealkylation sites (N-methyl/N-ethyl adjacent to an activating group) is 1. The monoisotopic (exact) mass is 293 g/mol. The SMILES string of the molecule is CN(C)C1CCCN(C(=O)C2CCC3CCCCC3N2)C1. The minimum atomic E-state index is 0.0882. The summed E-state index contributed by atoms with van der Waals surface area (Å²) in [6.07, 6.45) is 10.0. The summed E-state index contributed by atoms with van der Waals surface area (Å²) in [5.74, 6) is 1.20. The zero-order valence-corrected chi connectivity index (χ0v) is 13.7. The number of carbonyl (C=O) groups excluding carboxylic acids is 1. The molecule has 1 saturated carbocycles. The van der Waals surface area contributed by atoms with Crippen LogP contribution in [0.5, 0.6) is 0 Å². The number of nitrogens with one attached hydrogen (secondary N) is 1. The molecule has 21 heavy (non-hydrogen) atoms. The van der Waals surface area contributed by atoms with Crippen LogP contribution in [-0.4, -0.2) is 61.0 Å². The standard InChI is InChI=1S/C17H31N3O/c1-19(2)14-7-5-11-20(12-14)17(21)16-10-9-13-6-3-4-8-15(13)18-16/h13-16,18H,3-12H2,1-2H3. The van der Waals surface area contributed by atoms with Crippen LogP contribution in [0.25, 0.3) is 0 Å². The molecule has 1 aliphatic carbocycles. The zero-order valence-electron chi connectivity index (χ0n) is 13.7. The fraction of sp³-hybridized carbons (Fsp3) is 0.941. The summed E-state index contributed by atoms with van der Waals surface area (Å²) in [6, 6.07) is 1.23. The van der Waals surface area contributed by atoms with Crippen molar-refractivity contribution in [2.24, 2.45) is 5.92 Å². The van der Waals surface area contributed by atoms with Crippen molar-refractivity contribution in [1.29, 1.82) is 0 Å². The molecule has 3 rings (SSSR count). The lowest BCUT2D eigenvalue weighted by molar-refractivity contribution is -0.136. The van der Waals surface area contributed by atoms with Crippen molar-refractivity contribution in [2.45, 2.75) is 69.5 Å². The molecular formula is C17H31N3O. The van der Waals surface area contributed by atoms with E-state index in [1.165, 1.54) is 38.5 Å². The Morgan fingerprint density at radius 3 is 2.67 bits per heavy atom. The number of hydrogen-bond donors (Lipinski definition) is 1. The Kier molecular flexibility index (Phi) is 4.85. The van der Waals surface area contributed by atoms with Crippen LogP contribution in [0.15, 0.2) is 0 Å². The summed E-state index contributed by atoms with van der Waals surface area (Å²) in [6.45, 7) is 1.87. The van der Waals surface area contributed by atoms with E-state index >= 15 is 0 Å². The number of nitrogens with zero attached hydrogens (tertiary/aromatic N) is 2. The van der Waals surface area contributed by atoms with Crippen molar-refractivity contribution in [1.82, 2.24) is 15.1 Å². The fourth-order valence-corrected chi connectivity index (χ4v) is 4.49. The lowest BCUT2D eigenvalue weighted by atomic mass is 9.77. The third-order valence-corrected chi connectivity index (χ3v) is 5.89. The summed E-state index contributed by atoms with van der Waals surface area (Å²) in [7, 11) is 4.26. The predicted molar refractivity (Wildman–Crippen MR) is 85.2 cm³/mol. The first-order chi connectivity index (χ1) is 10.1. The van der Waals surface area contributed by atoms with Crippen LogP contribution in [-0.2, 0) is 4.79 Å². The van der Waals surface area contributed by atoms with E-state index in [1.807, 2.05) is 0 Å². The second-order valence-corrected chi connectivity index (χ2v) is 7.49. The highest BCUT2D eigenvalue weighted by atomic mass is 16.2. The Morgan fingerprint density at radius 2 is 1.86 bits per heavy atom. The van der Waals surface area contributed by atoms with Gasteiger partial charge in [-0.05, 0) is 58.5 Å². The van der Waals surface area contributed by atoms with E-state index in [9.17, 15) is 4.79 Å². The number of likely N-dealkylation sites (tertiary alicyclic amines) is 1. The Morgan fingerprint density at radius 1 is 1.05 bits per heavy atom. The highest BCUT2D eigenvalue weighted by molar-refractivity contribution is 5.82. The molecule has 120 valence electrons.